The van der Waals surface area contributed by atoms with Gasteiger partial charge in [-0.25, -0.2) is 4.39 Å². The van der Waals surface area contributed by atoms with Crippen LogP contribution in [0.15, 0.2) is 30.3 Å². The number of nitrogens with zero attached hydrogens (tertiary/aromatic N) is 3. The fourth-order valence-electron chi connectivity index (χ4n) is 3.42. The van der Waals surface area contributed by atoms with Crippen LogP contribution in [0.3, 0.4) is 0 Å². The zero-order chi connectivity index (χ0) is 19.1. The fourth-order valence-corrected chi connectivity index (χ4v) is 4.53. The van der Waals surface area contributed by atoms with Gasteiger partial charge in [-0.2, -0.15) is 5.10 Å². The number of fused-ring (bicyclic) bond motifs is 1. The van der Waals surface area contributed by atoms with E-state index >= 15 is 0 Å². The fraction of sp³-hybridized carbons (Fsp3) is 0.400. The second kappa shape index (κ2) is 7.05. The third kappa shape index (κ3) is 3.49. The van der Waals surface area contributed by atoms with E-state index in [0.717, 1.165) is 26.4 Å². The first-order valence-corrected chi connectivity index (χ1v) is 9.88. The Morgan fingerprint density at radius 2 is 2.07 bits per heavy atom. The topological polar surface area (TPSA) is 47.4 Å². The summed E-state index contributed by atoms with van der Waals surface area (Å²) < 4.78 is 20.7. The molecule has 0 radical (unpaired) electrons. The van der Waals surface area contributed by atoms with Crippen LogP contribution in [0.25, 0.3) is 10.2 Å². The number of carbonyl (C=O) groups is 1. The molecule has 0 aliphatic carbocycles. The number of hydrogen-bond acceptors (Lipinski definition) is 4. The molecule has 3 heterocycles. The number of aromatic nitrogens is 2. The summed E-state index contributed by atoms with van der Waals surface area (Å²) in [5, 5.41) is 5.60. The lowest BCUT2D eigenvalue weighted by molar-refractivity contribution is -0.0385. The first kappa shape index (κ1) is 18.1. The Bertz CT molecular complexity index is 979. The number of hydrogen-bond donors (Lipinski definition) is 0. The number of carbonyl (C=O) groups excluding carboxylic acids is 1. The predicted molar refractivity (Wildman–Crippen MR) is 104 cm³/mol. The lowest BCUT2D eigenvalue weighted by atomic mass is 10.2. The van der Waals surface area contributed by atoms with Crippen molar-refractivity contribution in [1.29, 1.82) is 0 Å². The summed E-state index contributed by atoms with van der Waals surface area (Å²) in [5.74, 6) is -0.204. The van der Waals surface area contributed by atoms with Crippen molar-refractivity contribution in [2.24, 2.45) is 0 Å². The Morgan fingerprint density at radius 1 is 1.33 bits per heavy atom. The van der Waals surface area contributed by atoms with Gasteiger partial charge in [0.15, 0.2) is 0 Å². The average molecular weight is 387 g/mol. The van der Waals surface area contributed by atoms with Crippen molar-refractivity contribution in [3.05, 3.63) is 52.3 Å². The van der Waals surface area contributed by atoms with Crippen molar-refractivity contribution < 1.29 is 13.9 Å². The molecule has 2 atom stereocenters. The van der Waals surface area contributed by atoms with Gasteiger partial charge in [0.1, 0.15) is 10.6 Å². The van der Waals surface area contributed by atoms with E-state index in [1.807, 2.05) is 36.4 Å². The largest absolute Gasteiger partial charge is 0.375 e. The molecule has 0 saturated carbocycles. The maximum atomic E-state index is 13.1. The van der Waals surface area contributed by atoms with E-state index in [4.69, 9.17) is 4.74 Å². The summed E-state index contributed by atoms with van der Waals surface area (Å²) in [6.07, 6.45) is 0.0511. The minimum absolute atomic E-state index is 0.0478. The van der Waals surface area contributed by atoms with Gasteiger partial charge in [-0.1, -0.05) is 12.1 Å². The van der Waals surface area contributed by atoms with Crippen molar-refractivity contribution in [3.63, 3.8) is 0 Å². The highest BCUT2D eigenvalue weighted by molar-refractivity contribution is 7.20. The zero-order valence-electron chi connectivity index (χ0n) is 15.6. The number of halogens is 1. The predicted octanol–water partition coefficient (Wildman–Crippen LogP) is 3.84. The SMILES string of the molecule is Cc1nn(Cc2ccc(F)cc2)c2sc(C(=O)N3CC(C)OCC3C)cc12. The van der Waals surface area contributed by atoms with Gasteiger partial charge < -0.3 is 9.64 Å². The quantitative estimate of drug-likeness (QED) is 0.686. The highest BCUT2D eigenvalue weighted by atomic mass is 32.1. The first-order valence-electron chi connectivity index (χ1n) is 9.06. The molecule has 27 heavy (non-hydrogen) atoms. The maximum absolute atomic E-state index is 13.1. The highest BCUT2D eigenvalue weighted by Gasteiger charge is 2.29. The van der Waals surface area contributed by atoms with E-state index in [-0.39, 0.29) is 23.9 Å². The van der Waals surface area contributed by atoms with E-state index in [2.05, 4.69) is 5.10 Å². The van der Waals surface area contributed by atoms with Gasteiger partial charge in [-0.3, -0.25) is 9.48 Å². The Labute approximate surface area is 161 Å². The third-order valence-electron chi connectivity index (χ3n) is 4.93. The average Bonchev–Trinajstić information content (AvgIpc) is 3.20. The van der Waals surface area contributed by atoms with Gasteiger partial charge in [-0.05, 0) is 44.5 Å². The van der Waals surface area contributed by atoms with Crippen LogP contribution in [-0.4, -0.2) is 45.9 Å². The van der Waals surface area contributed by atoms with E-state index in [1.165, 1.54) is 23.5 Å². The monoisotopic (exact) mass is 387 g/mol. The molecule has 2 unspecified atom stereocenters. The Morgan fingerprint density at radius 3 is 2.81 bits per heavy atom. The number of thiophene rings is 1. The summed E-state index contributed by atoms with van der Waals surface area (Å²) in [6, 6.07) is 8.43. The Hall–Kier alpha value is -2.25. The number of benzene rings is 1. The summed E-state index contributed by atoms with van der Waals surface area (Å²) in [6.45, 7) is 7.66. The van der Waals surface area contributed by atoms with Crippen molar-refractivity contribution >= 4 is 27.5 Å². The van der Waals surface area contributed by atoms with Crippen molar-refractivity contribution in [2.75, 3.05) is 13.2 Å². The molecule has 1 aromatic carbocycles. The van der Waals surface area contributed by atoms with Gasteiger partial charge in [-0.15, -0.1) is 11.3 Å². The molecule has 0 spiro atoms. The van der Waals surface area contributed by atoms with Crippen molar-refractivity contribution in [3.8, 4) is 0 Å². The molecule has 1 aliphatic rings. The molecule has 5 nitrogen and oxygen atoms in total. The van der Waals surface area contributed by atoms with Crippen molar-refractivity contribution in [2.45, 2.75) is 39.5 Å². The second-order valence-corrected chi connectivity index (χ2v) is 8.18. The van der Waals surface area contributed by atoms with Crippen LogP contribution in [0.5, 0.6) is 0 Å². The number of aryl methyl sites for hydroxylation is 1. The summed E-state index contributed by atoms with van der Waals surface area (Å²) in [5.41, 5.74) is 1.86. The molecule has 3 aromatic rings. The van der Waals surface area contributed by atoms with Gasteiger partial charge in [0, 0.05) is 11.9 Å². The number of ether oxygens (including phenoxy) is 1. The molecule has 4 rings (SSSR count). The smallest absolute Gasteiger partial charge is 0.264 e. The van der Waals surface area contributed by atoms with E-state index < -0.39 is 0 Å². The van der Waals surface area contributed by atoms with Gasteiger partial charge >= 0.3 is 0 Å². The van der Waals surface area contributed by atoms with Crippen LogP contribution >= 0.6 is 11.3 Å². The van der Waals surface area contributed by atoms with Crippen LogP contribution < -0.4 is 0 Å². The summed E-state index contributed by atoms with van der Waals surface area (Å²) in [7, 11) is 0. The number of morpholine rings is 1. The highest BCUT2D eigenvalue weighted by Crippen LogP contribution is 2.30. The van der Waals surface area contributed by atoms with E-state index in [1.54, 1.807) is 12.1 Å². The Kier molecular flexibility index (Phi) is 4.74. The molecule has 1 amide bonds. The molecule has 142 valence electrons. The molecule has 1 saturated heterocycles. The molecule has 0 bridgehead atoms. The summed E-state index contributed by atoms with van der Waals surface area (Å²) in [4.78, 5) is 16.6. The van der Waals surface area contributed by atoms with Crippen molar-refractivity contribution in [1.82, 2.24) is 14.7 Å². The van der Waals surface area contributed by atoms with E-state index in [9.17, 15) is 9.18 Å². The first-order chi connectivity index (χ1) is 12.9. The Balaban J connectivity index is 1.64. The molecule has 2 aromatic heterocycles. The standard InChI is InChI=1S/C20H22FN3O2S/c1-12-11-26-13(2)9-23(12)19(25)18-8-17-14(3)22-24(20(17)27-18)10-15-4-6-16(21)7-5-15/h4-8,12-13H,9-11H2,1-3H3. The number of rotatable bonds is 3. The van der Waals surface area contributed by atoms with Gasteiger partial charge in [0.05, 0.1) is 35.9 Å². The minimum Gasteiger partial charge on any atom is -0.375 e. The molecule has 1 fully saturated rings. The molecule has 7 heteroatoms. The van der Waals surface area contributed by atoms with Crippen LogP contribution in [0.4, 0.5) is 4.39 Å². The molecular weight excluding hydrogens is 365 g/mol. The van der Waals surface area contributed by atoms with Crippen LogP contribution in [0, 0.1) is 12.7 Å². The molecule has 0 N–H and O–H groups in total. The molecular formula is C20H22FN3O2S. The summed E-state index contributed by atoms with van der Waals surface area (Å²) >= 11 is 1.47. The van der Waals surface area contributed by atoms with Crippen LogP contribution in [0.1, 0.15) is 34.8 Å². The van der Waals surface area contributed by atoms with Crippen LogP contribution in [0.2, 0.25) is 0 Å². The third-order valence-corrected chi connectivity index (χ3v) is 6.07. The lowest BCUT2D eigenvalue weighted by Gasteiger charge is -2.36. The zero-order valence-corrected chi connectivity index (χ0v) is 16.4. The lowest BCUT2D eigenvalue weighted by Crippen LogP contribution is -2.50. The van der Waals surface area contributed by atoms with Gasteiger partial charge in [0.25, 0.3) is 5.91 Å². The number of amides is 1. The van der Waals surface area contributed by atoms with Gasteiger partial charge in [0.2, 0.25) is 0 Å². The normalized spacial score (nSPS) is 20.4. The molecule has 1 aliphatic heterocycles. The maximum Gasteiger partial charge on any atom is 0.264 e. The van der Waals surface area contributed by atoms with E-state index in [0.29, 0.717) is 19.7 Å². The second-order valence-electron chi connectivity index (χ2n) is 7.15. The van der Waals surface area contributed by atoms with Crippen LogP contribution in [-0.2, 0) is 11.3 Å². The minimum atomic E-state index is -0.251.